The van der Waals surface area contributed by atoms with E-state index in [0.717, 1.165) is 4.09 Å². The summed E-state index contributed by atoms with van der Waals surface area (Å²) < 4.78 is 49.2. The Kier molecular flexibility index (Phi) is 7.14. The number of aromatic nitrogens is 2. The molecule has 0 spiro atoms. The van der Waals surface area contributed by atoms with Gasteiger partial charge in [0.15, 0.2) is 17.3 Å². The summed E-state index contributed by atoms with van der Waals surface area (Å²) in [4.78, 5) is 0.0593. The number of hydrogen-bond donors (Lipinski definition) is 1. The fraction of sp³-hybridized carbons (Fsp3) is 0.318. The van der Waals surface area contributed by atoms with Gasteiger partial charge in [0.25, 0.3) is 10.0 Å². The van der Waals surface area contributed by atoms with Crippen LogP contribution in [0.1, 0.15) is 20.8 Å². The molecule has 0 aliphatic heterocycles. The van der Waals surface area contributed by atoms with Gasteiger partial charge in [0.1, 0.15) is 5.75 Å². The Morgan fingerprint density at radius 2 is 1.50 bits per heavy atom. The van der Waals surface area contributed by atoms with Crippen LogP contribution in [-0.4, -0.2) is 44.5 Å². The Morgan fingerprint density at radius 1 is 0.938 bits per heavy atom. The fourth-order valence-electron chi connectivity index (χ4n) is 3.11. The van der Waals surface area contributed by atoms with Crippen LogP contribution in [-0.2, 0) is 10.0 Å². The molecular weight excluding hydrogens is 434 g/mol. The van der Waals surface area contributed by atoms with Crippen molar-refractivity contribution in [3.05, 3.63) is 42.6 Å². The van der Waals surface area contributed by atoms with E-state index in [-0.39, 0.29) is 10.7 Å². The molecule has 0 unspecified atom stereocenters. The highest BCUT2D eigenvalue weighted by Crippen LogP contribution is 2.43. The van der Waals surface area contributed by atoms with E-state index in [1.807, 2.05) is 20.8 Å². The van der Waals surface area contributed by atoms with Crippen molar-refractivity contribution in [3.63, 3.8) is 0 Å². The van der Waals surface area contributed by atoms with Crippen molar-refractivity contribution in [3.8, 4) is 34.1 Å². The molecule has 32 heavy (non-hydrogen) atoms. The lowest BCUT2D eigenvalue weighted by Crippen LogP contribution is -2.13. The van der Waals surface area contributed by atoms with E-state index in [1.165, 1.54) is 25.4 Å². The zero-order chi connectivity index (χ0) is 23.3. The molecule has 0 atom stereocenters. The van der Waals surface area contributed by atoms with Crippen LogP contribution in [0.15, 0.2) is 47.5 Å². The van der Waals surface area contributed by atoms with Gasteiger partial charge in [-0.2, -0.15) is 12.5 Å². The molecule has 0 fully saturated rings. The maximum atomic E-state index is 13.0. The Morgan fingerprint density at radius 3 is 2.00 bits per heavy atom. The first-order valence-corrected chi connectivity index (χ1v) is 11.6. The Labute approximate surface area is 187 Å². The maximum absolute atomic E-state index is 13.0. The molecule has 0 saturated carbocycles. The number of benzene rings is 2. The highest BCUT2D eigenvalue weighted by Gasteiger charge is 2.23. The summed E-state index contributed by atoms with van der Waals surface area (Å²) in [6.45, 7) is 6.84. The molecule has 2 N–H and O–H groups in total. The number of nitrogens with two attached hydrogens (primary N) is 1. The first-order chi connectivity index (χ1) is 15.3. The van der Waals surface area contributed by atoms with Gasteiger partial charge >= 0.3 is 0 Å². The molecule has 1 aromatic heterocycles. The highest BCUT2D eigenvalue weighted by atomic mass is 32.2. The van der Waals surface area contributed by atoms with E-state index in [0.29, 0.717) is 53.9 Å². The third-order valence-electron chi connectivity index (χ3n) is 4.55. The molecule has 3 aromatic rings. The standard InChI is InChI=1S/C22H27N3O6S/c1-5-29-19-12-15(13-20(30-6-2)21(19)31-7-3)18-14-25(24-22(18)23)32(26,27)17-10-8-16(28-4)9-11-17/h8-14H,5-7H2,1-4H3,(H2,23,24). The van der Waals surface area contributed by atoms with Crippen molar-refractivity contribution in [2.24, 2.45) is 0 Å². The van der Waals surface area contributed by atoms with E-state index in [1.54, 1.807) is 24.3 Å². The zero-order valence-electron chi connectivity index (χ0n) is 18.5. The van der Waals surface area contributed by atoms with Crippen molar-refractivity contribution in [2.75, 3.05) is 32.7 Å². The van der Waals surface area contributed by atoms with E-state index in [4.69, 9.17) is 24.7 Å². The van der Waals surface area contributed by atoms with Gasteiger partial charge in [0, 0.05) is 5.56 Å². The molecule has 0 aliphatic carbocycles. The van der Waals surface area contributed by atoms with Gasteiger partial charge in [-0.3, -0.25) is 0 Å². The SMILES string of the molecule is CCOc1cc(-c2cn(S(=O)(=O)c3ccc(OC)cc3)nc2N)cc(OCC)c1OCC. The van der Waals surface area contributed by atoms with Crippen molar-refractivity contribution in [2.45, 2.75) is 25.7 Å². The van der Waals surface area contributed by atoms with Gasteiger partial charge in [-0.25, -0.2) is 0 Å². The smallest absolute Gasteiger partial charge is 0.283 e. The lowest BCUT2D eigenvalue weighted by molar-refractivity contribution is 0.261. The molecule has 9 nitrogen and oxygen atoms in total. The topological polar surface area (TPSA) is 115 Å². The molecule has 10 heteroatoms. The van der Waals surface area contributed by atoms with Gasteiger partial charge in [0.2, 0.25) is 5.75 Å². The molecule has 2 aromatic carbocycles. The zero-order valence-corrected chi connectivity index (χ0v) is 19.3. The number of anilines is 1. The van der Waals surface area contributed by atoms with E-state index in [9.17, 15) is 8.42 Å². The minimum atomic E-state index is -3.95. The lowest BCUT2D eigenvalue weighted by Gasteiger charge is -2.17. The molecule has 0 bridgehead atoms. The minimum Gasteiger partial charge on any atom is -0.497 e. The second-order valence-electron chi connectivity index (χ2n) is 6.58. The quantitative estimate of drug-likeness (QED) is 0.487. The first-order valence-electron chi connectivity index (χ1n) is 10.2. The number of methoxy groups -OCH3 is 1. The van der Waals surface area contributed by atoms with Gasteiger partial charge < -0.3 is 24.7 Å². The van der Waals surface area contributed by atoms with Crippen molar-refractivity contribution in [1.29, 1.82) is 0 Å². The predicted octanol–water partition coefficient (Wildman–Crippen LogP) is 3.57. The minimum absolute atomic E-state index is 0.0520. The molecular formula is C22H27N3O6S. The summed E-state index contributed by atoms with van der Waals surface area (Å²) in [6.07, 6.45) is 1.37. The number of hydrogen-bond acceptors (Lipinski definition) is 8. The highest BCUT2D eigenvalue weighted by molar-refractivity contribution is 7.89. The summed E-state index contributed by atoms with van der Waals surface area (Å²) >= 11 is 0. The van der Waals surface area contributed by atoms with Crippen molar-refractivity contribution < 1.29 is 27.4 Å². The number of ether oxygens (including phenoxy) is 4. The third-order valence-corrected chi connectivity index (χ3v) is 6.09. The fourth-order valence-corrected chi connectivity index (χ4v) is 4.25. The van der Waals surface area contributed by atoms with Crippen LogP contribution in [0.3, 0.4) is 0 Å². The molecule has 0 aliphatic rings. The van der Waals surface area contributed by atoms with Crippen LogP contribution in [0.4, 0.5) is 5.82 Å². The summed E-state index contributed by atoms with van der Waals surface area (Å²) in [5.74, 6) is 2.03. The summed E-state index contributed by atoms with van der Waals surface area (Å²) in [5, 5.41) is 4.05. The van der Waals surface area contributed by atoms with Crippen LogP contribution in [0.2, 0.25) is 0 Å². The molecule has 1 heterocycles. The molecule has 0 saturated heterocycles. The van der Waals surface area contributed by atoms with Gasteiger partial charge in [0.05, 0.1) is 38.0 Å². The van der Waals surface area contributed by atoms with Gasteiger partial charge in [-0.15, -0.1) is 5.10 Å². The van der Waals surface area contributed by atoms with E-state index >= 15 is 0 Å². The molecule has 3 rings (SSSR count). The van der Waals surface area contributed by atoms with Crippen LogP contribution in [0.5, 0.6) is 23.0 Å². The van der Waals surface area contributed by atoms with Gasteiger partial charge in [-0.05, 0) is 62.7 Å². The number of nitrogen functional groups attached to an aromatic ring is 1. The number of nitrogens with zero attached hydrogens (tertiary/aromatic N) is 2. The monoisotopic (exact) mass is 461 g/mol. The third kappa shape index (κ3) is 4.59. The Bertz CT molecular complexity index is 1150. The van der Waals surface area contributed by atoms with Crippen LogP contribution in [0.25, 0.3) is 11.1 Å². The molecule has 172 valence electrons. The van der Waals surface area contributed by atoms with Crippen LogP contribution >= 0.6 is 0 Å². The molecule has 0 amide bonds. The Balaban J connectivity index is 2.09. The van der Waals surface area contributed by atoms with Crippen LogP contribution < -0.4 is 24.7 Å². The second-order valence-corrected chi connectivity index (χ2v) is 8.38. The summed E-state index contributed by atoms with van der Waals surface area (Å²) in [7, 11) is -2.44. The van der Waals surface area contributed by atoms with Crippen LogP contribution in [0, 0.1) is 0 Å². The largest absolute Gasteiger partial charge is 0.497 e. The molecule has 0 radical (unpaired) electrons. The van der Waals surface area contributed by atoms with Gasteiger partial charge in [-0.1, -0.05) is 0 Å². The summed E-state index contributed by atoms with van der Waals surface area (Å²) in [6, 6.07) is 9.49. The first kappa shape index (κ1) is 23.3. The number of rotatable bonds is 10. The maximum Gasteiger partial charge on any atom is 0.283 e. The van der Waals surface area contributed by atoms with Crippen molar-refractivity contribution >= 4 is 15.8 Å². The summed E-state index contributed by atoms with van der Waals surface area (Å²) in [5.41, 5.74) is 7.12. The average molecular weight is 462 g/mol. The van der Waals surface area contributed by atoms with Crippen molar-refractivity contribution in [1.82, 2.24) is 9.19 Å². The normalized spacial score (nSPS) is 11.2. The second kappa shape index (κ2) is 9.82. The average Bonchev–Trinajstić information content (AvgIpc) is 3.18. The lowest BCUT2D eigenvalue weighted by atomic mass is 10.1. The van der Waals surface area contributed by atoms with E-state index < -0.39 is 10.0 Å². The van der Waals surface area contributed by atoms with E-state index in [2.05, 4.69) is 5.10 Å². The Hall–Kier alpha value is -3.40. The predicted molar refractivity (Wildman–Crippen MR) is 121 cm³/mol.